The second-order valence-electron chi connectivity index (χ2n) is 9.52. The molecule has 0 saturated heterocycles. The summed E-state index contributed by atoms with van der Waals surface area (Å²) in [5.41, 5.74) is 3.43. The number of hydrogen-bond acceptors (Lipinski definition) is 4. The normalized spacial score (nSPS) is 12.0. The second-order valence-corrected chi connectivity index (χ2v) is 10.9. The van der Waals surface area contributed by atoms with Crippen LogP contribution in [0.1, 0.15) is 0 Å². The van der Waals surface area contributed by atoms with E-state index in [1.54, 1.807) is 0 Å². The predicted octanol–water partition coefficient (Wildman–Crippen LogP) is 9.76. The number of benzene rings is 5. The average molecular weight is 560 g/mol. The van der Waals surface area contributed by atoms with E-state index in [-0.39, 0.29) is 18.8 Å². The molecule has 0 spiro atoms. The van der Waals surface area contributed by atoms with E-state index >= 15 is 0 Å². The van der Waals surface area contributed by atoms with Crippen molar-refractivity contribution in [2.45, 2.75) is 0 Å². The van der Waals surface area contributed by atoms with Gasteiger partial charge in [-0.2, -0.15) is 23.5 Å². The quantitative estimate of drug-likeness (QED) is 0.188. The molecule has 0 radical (unpaired) electrons. The van der Waals surface area contributed by atoms with Gasteiger partial charge in [0.2, 0.25) is 11.0 Å². The van der Waals surface area contributed by atoms with E-state index in [1.165, 1.54) is 41.7 Å². The van der Waals surface area contributed by atoms with Gasteiger partial charge in [-0.1, -0.05) is 78.9 Å². The Balaban J connectivity index is 0.00000235. The standard InChI is InChI=1S/C32H16ClN3OS.H2S/c33-32-34-30(27-20-12-4-7-15-23(20)37-31(27)35-32)36-22-14-6-3-11-19(22)26-28(36)18-10-2-1-9-17(18)25-21-13-5-8-16-24(21)38-29(25)26;/h1-16H;1H2. The summed E-state index contributed by atoms with van der Waals surface area (Å²) in [6.07, 6.45) is 0. The number of aromatic nitrogens is 3. The molecule has 0 aliphatic rings. The first-order valence-corrected chi connectivity index (χ1v) is 13.6. The van der Waals surface area contributed by atoms with Crippen molar-refractivity contribution in [3.05, 3.63) is 102 Å². The Bertz CT molecular complexity index is 2440. The number of hydrogen-bond donors (Lipinski definition) is 0. The zero-order valence-electron chi connectivity index (χ0n) is 20.3. The number of thiophene rings is 1. The van der Waals surface area contributed by atoms with Crippen LogP contribution in [0, 0.1) is 0 Å². The molecular formula is C32H18ClN3OS2. The van der Waals surface area contributed by atoms with Crippen LogP contribution in [-0.4, -0.2) is 14.5 Å². The van der Waals surface area contributed by atoms with Crippen LogP contribution in [0.25, 0.3) is 80.6 Å². The average Bonchev–Trinajstić information content (AvgIpc) is 3.62. The smallest absolute Gasteiger partial charge is 0.233 e. The lowest BCUT2D eigenvalue weighted by Gasteiger charge is -2.11. The molecule has 4 heterocycles. The van der Waals surface area contributed by atoms with E-state index in [4.69, 9.17) is 21.0 Å². The maximum Gasteiger partial charge on any atom is 0.233 e. The maximum atomic E-state index is 6.54. The van der Waals surface area contributed by atoms with Gasteiger partial charge in [0.15, 0.2) is 5.82 Å². The fourth-order valence-electron chi connectivity index (χ4n) is 6.08. The second kappa shape index (κ2) is 8.20. The van der Waals surface area contributed by atoms with Crippen molar-refractivity contribution in [2.24, 2.45) is 0 Å². The molecule has 186 valence electrons. The molecule has 0 N–H and O–H groups in total. The number of rotatable bonds is 1. The van der Waals surface area contributed by atoms with Crippen molar-refractivity contribution in [1.82, 2.24) is 14.5 Å². The molecule has 0 fully saturated rings. The van der Waals surface area contributed by atoms with Crippen LogP contribution < -0.4 is 0 Å². The first-order valence-electron chi connectivity index (χ1n) is 12.4. The van der Waals surface area contributed by atoms with Crippen molar-refractivity contribution < 1.29 is 4.42 Å². The van der Waals surface area contributed by atoms with Crippen LogP contribution in [0.4, 0.5) is 0 Å². The third-order valence-electron chi connectivity index (χ3n) is 7.55. The molecule has 5 aromatic carbocycles. The SMILES string of the molecule is Clc1nc(-n2c3ccccc3c3c4sc5ccccc5c4c4ccccc4c32)c2c(n1)oc1ccccc12.S. The largest absolute Gasteiger partial charge is 0.437 e. The highest BCUT2D eigenvalue weighted by Crippen LogP contribution is 2.48. The molecule has 0 aliphatic heterocycles. The molecule has 0 saturated carbocycles. The van der Waals surface area contributed by atoms with Crippen LogP contribution in [0.2, 0.25) is 5.28 Å². The summed E-state index contributed by atoms with van der Waals surface area (Å²) in [6, 6.07) is 33.9. The first-order chi connectivity index (χ1) is 18.8. The van der Waals surface area contributed by atoms with E-state index in [1.807, 2.05) is 29.5 Å². The molecule has 9 rings (SSSR count). The lowest BCUT2D eigenvalue weighted by molar-refractivity contribution is 0.652. The van der Waals surface area contributed by atoms with Gasteiger partial charge in [-0.15, -0.1) is 11.3 Å². The van der Waals surface area contributed by atoms with Crippen LogP contribution in [-0.2, 0) is 0 Å². The molecule has 7 heteroatoms. The molecule has 0 unspecified atom stereocenters. The van der Waals surface area contributed by atoms with Crippen molar-refractivity contribution in [1.29, 1.82) is 0 Å². The van der Waals surface area contributed by atoms with E-state index in [9.17, 15) is 0 Å². The Labute approximate surface area is 237 Å². The molecule has 0 bridgehead atoms. The van der Waals surface area contributed by atoms with Crippen LogP contribution in [0.3, 0.4) is 0 Å². The van der Waals surface area contributed by atoms with Gasteiger partial charge in [-0.25, -0.2) is 0 Å². The Morgan fingerprint density at radius 1 is 0.641 bits per heavy atom. The minimum atomic E-state index is 0. The number of fused-ring (bicyclic) bond motifs is 13. The summed E-state index contributed by atoms with van der Waals surface area (Å²) in [6.45, 7) is 0. The van der Waals surface area contributed by atoms with Crippen LogP contribution >= 0.6 is 36.4 Å². The topological polar surface area (TPSA) is 43.9 Å². The molecule has 0 aliphatic carbocycles. The summed E-state index contributed by atoms with van der Waals surface area (Å²) in [7, 11) is 0. The molecule has 39 heavy (non-hydrogen) atoms. The van der Waals surface area contributed by atoms with E-state index < -0.39 is 0 Å². The highest BCUT2D eigenvalue weighted by atomic mass is 35.5. The van der Waals surface area contributed by atoms with Crippen LogP contribution in [0.5, 0.6) is 0 Å². The Hall–Kier alpha value is -4.10. The van der Waals surface area contributed by atoms with Gasteiger partial charge in [0.1, 0.15) is 5.58 Å². The highest BCUT2D eigenvalue weighted by Gasteiger charge is 2.24. The van der Waals surface area contributed by atoms with Crippen molar-refractivity contribution in [3.63, 3.8) is 0 Å². The predicted molar refractivity (Wildman–Crippen MR) is 169 cm³/mol. The summed E-state index contributed by atoms with van der Waals surface area (Å²) in [4.78, 5) is 9.32. The number of furan rings is 1. The zero-order chi connectivity index (χ0) is 25.0. The van der Waals surface area contributed by atoms with Gasteiger partial charge < -0.3 is 4.42 Å². The van der Waals surface area contributed by atoms with Gasteiger partial charge in [0.05, 0.1) is 16.4 Å². The number of halogens is 1. The minimum absolute atomic E-state index is 0. The highest BCUT2D eigenvalue weighted by molar-refractivity contribution is 7.59. The van der Waals surface area contributed by atoms with Gasteiger partial charge in [-0.05, 0) is 35.2 Å². The van der Waals surface area contributed by atoms with Gasteiger partial charge in [-0.3, -0.25) is 4.57 Å². The lowest BCUT2D eigenvalue weighted by atomic mass is 10.00. The first kappa shape index (κ1) is 22.8. The zero-order valence-corrected chi connectivity index (χ0v) is 22.8. The molecule has 9 aromatic rings. The third-order valence-corrected chi connectivity index (χ3v) is 8.91. The fourth-order valence-corrected chi connectivity index (χ4v) is 7.52. The monoisotopic (exact) mass is 559 g/mol. The summed E-state index contributed by atoms with van der Waals surface area (Å²) in [5.74, 6) is 0.724. The lowest BCUT2D eigenvalue weighted by Crippen LogP contribution is -2.00. The van der Waals surface area contributed by atoms with Crippen molar-refractivity contribution in [3.8, 4) is 5.82 Å². The fraction of sp³-hybridized carbons (Fsp3) is 0. The molecule has 4 nitrogen and oxygen atoms in total. The molecule has 0 atom stereocenters. The van der Waals surface area contributed by atoms with Gasteiger partial charge in [0.25, 0.3) is 0 Å². The Morgan fingerprint density at radius 2 is 1.31 bits per heavy atom. The van der Waals surface area contributed by atoms with Crippen molar-refractivity contribution >= 4 is 111 Å². The summed E-state index contributed by atoms with van der Waals surface area (Å²) < 4.78 is 11.0. The van der Waals surface area contributed by atoms with Gasteiger partial charge in [0, 0.05) is 41.7 Å². The van der Waals surface area contributed by atoms with E-state index in [0.29, 0.717) is 5.71 Å². The number of para-hydroxylation sites is 2. The molecule has 4 aromatic heterocycles. The Morgan fingerprint density at radius 3 is 2.15 bits per heavy atom. The maximum absolute atomic E-state index is 6.54. The van der Waals surface area contributed by atoms with Crippen molar-refractivity contribution in [2.75, 3.05) is 0 Å². The summed E-state index contributed by atoms with van der Waals surface area (Å²) in [5, 5.41) is 9.37. The van der Waals surface area contributed by atoms with Gasteiger partial charge >= 0.3 is 0 Å². The molecular weight excluding hydrogens is 542 g/mol. The van der Waals surface area contributed by atoms with E-state index in [0.717, 1.165) is 33.2 Å². The Kier molecular flexibility index (Phi) is 4.80. The third kappa shape index (κ3) is 2.96. The van der Waals surface area contributed by atoms with Crippen LogP contribution in [0.15, 0.2) is 101 Å². The minimum Gasteiger partial charge on any atom is -0.437 e. The van der Waals surface area contributed by atoms with E-state index in [2.05, 4.69) is 88.4 Å². The number of nitrogens with zero attached hydrogens (tertiary/aromatic N) is 3. The molecule has 0 amide bonds. The summed E-state index contributed by atoms with van der Waals surface area (Å²) >= 11 is 8.39.